The van der Waals surface area contributed by atoms with Crippen LogP contribution in [-0.4, -0.2) is 9.91 Å². The van der Waals surface area contributed by atoms with E-state index in [1.807, 2.05) is 0 Å². The molecule has 0 aliphatic heterocycles. The van der Waals surface area contributed by atoms with Gasteiger partial charge < -0.3 is 5.73 Å². The number of rotatable bonds is 2. The van der Waals surface area contributed by atoms with Crippen LogP contribution in [0.25, 0.3) is 11.1 Å². The number of nitro groups is 1. The predicted molar refractivity (Wildman–Crippen MR) is 70.8 cm³/mol. The van der Waals surface area contributed by atoms with Crippen LogP contribution in [0.1, 0.15) is 0 Å². The molecule has 0 atom stereocenters. The van der Waals surface area contributed by atoms with E-state index in [9.17, 15) is 10.1 Å². The number of nitrogen functional groups attached to an aromatic ring is 1. The number of aromatic nitrogens is 1. The average Bonchev–Trinajstić information content (AvgIpc) is 2.33. The van der Waals surface area contributed by atoms with Crippen LogP contribution in [-0.2, 0) is 0 Å². The van der Waals surface area contributed by atoms with Gasteiger partial charge in [0.05, 0.1) is 4.92 Å². The monoisotopic (exact) mass is 283 g/mol. The molecule has 2 aromatic rings. The third kappa shape index (κ3) is 2.37. The number of pyridine rings is 1. The summed E-state index contributed by atoms with van der Waals surface area (Å²) in [5, 5.41) is 11.7. The van der Waals surface area contributed by atoms with Gasteiger partial charge in [0.2, 0.25) is 5.82 Å². The number of nitrogens with zero attached hydrogens (tertiary/aromatic N) is 2. The van der Waals surface area contributed by atoms with Gasteiger partial charge in [-0.05, 0) is 18.2 Å². The fourth-order valence-corrected chi connectivity index (χ4v) is 1.87. The highest BCUT2D eigenvalue weighted by Gasteiger charge is 2.15. The van der Waals surface area contributed by atoms with Crippen molar-refractivity contribution in [3.8, 4) is 11.1 Å². The van der Waals surface area contributed by atoms with Crippen LogP contribution in [0.5, 0.6) is 0 Å². The molecule has 0 radical (unpaired) electrons. The molecule has 0 aliphatic rings. The van der Waals surface area contributed by atoms with Gasteiger partial charge in [0.25, 0.3) is 0 Å². The maximum absolute atomic E-state index is 10.8. The molecule has 18 heavy (non-hydrogen) atoms. The summed E-state index contributed by atoms with van der Waals surface area (Å²) in [6.45, 7) is 0. The Morgan fingerprint density at radius 2 is 2.00 bits per heavy atom. The van der Waals surface area contributed by atoms with Gasteiger partial charge in [-0.2, -0.15) is 0 Å². The fraction of sp³-hybridized carbons (Fsp3) is 0. The van der Waals surface area contributed by atoms with Gasteiger partial charge in [0.1, 0.15) is 0 Å². The maximum Gasteiger partial charge on any atom is 0.311 e. The zero-order chi connectivity index (χ0) is 13.3. The summed E-state index contributed by atoms with van der Waals surface area (Å²) in [5.74, 6) is -0.137. The van der Waals surface area contributed by atoms with Gasteiger partial charge in [-0.3, -0.25) is 10.1 Å². The molecule has 1 aromatic carbocycles. The first kappa shape index (κ1) is 12.6. The molecule has 0 unspecified atom stereocenters. The highest BCUT2D eigenvalue weighted by atomic mass is 35.5. The highest BCUT2D eigenvalue weighted by Crippen LogP contribution is 2.33. The number of hydrogen-bond acceptors (Lipinski definition) is 4. The lowest BCUT2D eigenvalue weighted by molar-refractivity contribution is -0.384. The summed E-state index contributed by atoms with van der Waals surface area (Å²) < 4.78 is 0. The number of benzene rings is 1. The van der Waals surface area contributed by atoms with E-state index >= 15 is 0 Å². The first-order valence-corrected chi connectivity index (χ1v) is 5.60. The summed E-state index contributed by atoms with van der Waals surface area (Å²) in [4.78, 5) is 14.0. The number of nitrogens with two attached hydrogens (primary N) is 1. The summed E-state index contributed by atoms with van der Waals surface area (Å²) in [6, 6.07) is 6.18. The number of halogens is 2. The van der Waals surface area contributed by atoms with Crippen LogP contribution in [0.3, 0.4) is 0 Å². The first-order chi connectivity index (χ1) is 8.49. The zero-order valence-corrected chi connectivity index (χ0v) is 10.4. The smallest absolute Gasteiger partial charge is 0.311 e. The summed E-state index contributed by atoms with van der Waals surface area (Å²) in [5.41, 5.74) is 6.22. The second-order valence-electron chi connectivity index (χ2n) is 3.51. The van der Waals surface area contributed by atoms with Crippen LogP contribution in [0.4, 0.5) is 11.5 Å². The minimum atomic E-state index is -0.593. The van der Waals surface area contributed by atoms with E-state index in [2.05, 4.69) is 4.98 Å². The molecule has 0 fully saturated rings. The van der Waals surface area contributed by atoms with E-state index in [0.29, 0.717) is 21.2 Å². The Balaban J connectivity index is 2.61. The molecule has 0 saturated carbocycles. The normalized spacial score (nSPS) is 10.3. The molecular weight excluding hydrogens is 277 g/mol. The van der Waals surface area contributed by atoms with Crippen molar-refractivity contribution in [2.75, 3.05) is 5.73 Å². The third-order valence-electron chi connectivity index (χ3n) is 2.33. The fourth-order valence-electron chi connectivity index (χ4n) is 1.48. The van der Waals surface area contributed by atoms with E-state index in [-0.39, 0.29) is 11.5 Å². The standard InChI is InChI=1S/C11H7Cl2N3O2/c12-7-1-2-9(13)8(4-7)6-3-10(16(17)18)11(14)15-5-6/h1-5H,(H2,14,15). The summed E-state index contributed by atoms with van der Waals surface area (Å²) >= 11 is 11.9. The molecule has 92 valence electrons. The average molecular weight is 284 g/mol. The van der Waals surface area contributed by atoms with Crippen molar-refractivity contribution in [3.63, 3.8) is 0 Å². The lowest BCUT2D eigenvalue weighted by Gasteiger charge is -2.05. The molecule has 0 spiro atoms. The third-order valence-corrected chi connectivity index (χ3v) is 2.90. The Morgan fingerprint density at radius 3 is 2.67 bits per heavy atom. The molecule has 0 aliphatic carbocycles. The van der Waals surface area contributed by atoms with Crippen molar-refractivity contribution < 1.29 is 4.92 Å². The van der Waals surface area contributed by atoms with Crippen molar-refractivity contribution in [3.05, 3.63) is 50.6 Å². The topological polar surface area (TPSA) is 82.0 Å². The van der Waals surface area contributed by atoms with Crippen LogP contribution in [0.15, 0.2) is 30.5 Å². The van der Waals surface area contributed by atoms with Gasteiger partial charge in [-0.1, -0.05) is 23.2 Å². The van der Waals surface area contributed by atoms with E-state index in [1.165, 1.54) is 12.3 Å². The lowest BCUT2D eigenvalue weighted by Crippen LogP contribution is -1.98. The minimum Gasteiger partial charge on any atom is -0.378 e. The Labute approximate surface area is 112 Å². The van der Waals surface area contributed by atoms with E-state index in [0.717, 1.165) is 0 Å². The molecule has 1 heterocycles. The quantitative estimate of drug-likeness (QED) is 0.675. The van der Waals surface area contributed by atoms with Crippen LogP contribution >= 0.6 is 23.2 Å². The maximum atomic E-state index is 10.8. The Kier molecular flexibility index (Phi) is 3.36. The SMILES string of the molecule is Nc1ncc(-c2cc(Cl)ccc2Cl)cc1[N+](=O)[O-]. The molecule has 0 saturated heterocycles. The van der Waals surface area contributed by atoms with Crippen molar-refractivity contribution in [1.82, 2.24) is 4.98 Å². The second kappa shape index (κ2) is 4.80. The summed E-state index contributed by atoms with van der Waals surface area (Å²) in [7, 11) is 0. The van der Waals surface area contributed by atoms with Crippen LogP contribution in [0.2, 0.25) is 10.0 Å². The molecule has 2 rings (SSSR count). The molecular formula is C11H7Cl2N3O2. The van der Waals surface area contributed by atoms with Gasteiger partial charge in [0.15, 0.2) is 0 Å². The van der Waals surface area contributed by atoms with Gasteiger partial charge in [0, 0.05) is 33.4 Å². The van der Waals surface area contributed by atoms with E-state index in [1.54, 1.807) is 18.2 Å². The van der Waals surface area contributed by atoms with Crippen molar-refractivity contribution in [2.24, 2.45) is 0 Å². The first-order valence-electron chi connectivity index (χ1n) is 4.84. The molecule has 2 N–H and O–H groups in total. The van der Waals surface area contributed by atoms with Crippen molar-refractivity contribution in [1.29, 1.82) is 0 Å². The van der Waals surface area contributed by atoms with Crippen LogP contribution in [0, 0.1) is 10.1 Å². The Morgan fingerprint density at radius 1 is 1.28 bits per heavy atom. The predicted octanol–water partition coefficient (Wildman–Crippen LogP) is 3.55. The van der Waals surface area contributed by atoms with E-state index in [4.69, 9.17) is 28.9 Å². The van der Waals surface area contributed by atoms with Crippen molar-refractivity contribution >= 4 is 34.7 Å². The second-order valence-corrected chi connectivity index (χ2v) is 4.35. The van der Waals surface area contributed by atoms with Gasteiger partial charge in [-0.25, -0.2) is 4.98 Å². The van der Waals surface area contributed by atoms with Crippen molar-refractivity contribution in [2.45, 2.75) is 0 Å². The summed E-state index contributed by atoms with van der Waals surface area (Å²) in [6.07, 6.45) is 1.42. The van der Waals surface area contributed by atoms with Crippen LogP contribution < -0.4 is 5.73 Å². The zero-order valence-electron chi connectivity index (χ0n) is 8.93. The van der Waals surface area contributed by atoms with Gasteiger partial charge in [-0.15, -0.1) is 0 Å². The molecule has 0 bridgehead atoms. The van der Waals surface area contributed by atoms with E-state index < -0.39 is 4.92 Å². The number of hydrogen-bond donors (Lipinski definition) is 1. The Hall–Kier alpha value is -1.85. The molecule has 0 amide bonds. The Bertz CT molecular complexity index is 632. The highest BCUT2D eigenvalue weighted by molar-refractivity contribution is 6.35. The largest absolute Gasteiger partial charge is 0.378 e. The lowest BCUT2D eigenvalue weighted by atomic mass is 10.1. The minimum absolute atomic E-state index is 0.137. The molecule has 7 heteroatoms. The molecule has 1 aromatic heterocycles. The number of anilines is 1. The molecule has 5 nitrogen and oxygen atoms in total. The van der Waals surface area contributed by atoms with Gasteiger partial charge >= 0.3 is 5.69 Å².